The van der Waals surface area contributed by atoms with Gasteiger partial charge in [0, 0.05) is 14.2 Å². The highest BCUT2D eigenvalue weighted by Crippen LogP contribution is 2.28. The second-order valence-electron chi connectivity index (χ2n) is 5.38. The molecule has 0 radical (unpaired) electrons. The van der Waals surface area contributed by atoms with Gasteiger partial charge < -0.3 is 15.8 Å². The van der Waals surface area contributed by atoms with Gasteiger partial charge in [0.2, 0.25) is 0 Å². The van der Waals surface area contributed by atoms with Crippen molar-refractivity contribution >= 4 is 11.5 Å². The van der Waals surface area contributed by atoms with E-state index >= 15 is 0 Å². The topological polar surface area (TPSA) is 65.1 Å². The van der Waals surface area contributed by atoms with Crippen LogP contribution < -0.4 is 11.1 Å². The van der Waals surface area contributed by atoms with Crippen molar-refractivity contribution in [2.45, 2.75) is 39.7 Å². The summed E-state index contributed by atoms with van der Waals surface area (Å²) < 4.78 is 7.05. The molecule has 0 aliphatic carbocycles. The number of hydrogen-bond acceptors (Lipinski definition) is 4. The highest BCUT2D eigenvalue weighted by Gasteiger charge is 2.20. The SMILES string of the molecule is COCC(Nc1c(N)c(C(C)C)nn1C)C(C)C. The summed E-state index contributed by atoms with van der Waals surface area (Å²) in [5.74, 6) is 1.67. The number of rotatable bonds is 6. The predicted molar refractivity (Wildman–Crippen MR) is 75.8 cm³/mol. The normalized spacial score (nSPS) is 13.3. The summed E-state index contributed by atoms with van der Waals surface area (Å²) >= 11 is 0. The van der Waals surface area contributed by atoms with Gasteiger partial charge in [-0.05, 0) is 11.8 Å². The number of aryl methyl sites for hydroxylation is 1. The van der Waals surface area contributed by atoms with Crippen molar-refractivity contribution in [2.75, 3.05) is 24.8 Å². The molecule has 1 unspecified atom stereocenters. The van der Waals surface area contributed by atoms with Gasteiger partial charge in [0.1, 0.15) is 5.82 Å². The fourth-order valence-corrected chi connectivity index (χ4v) is 1.91. The molecule has 0 fully saturated rings. The van der Waals surface area contributed by atoms with Crippen molar-refractivity contribution in [1.29, 1.82) is 0 Å². The van der Waals surface area contributed by atoms with Crippen LogP contribution in [0.3, 0.4) is 0 Å². The number of anilines is 2. The molecule has 0 aliphatic heterocycles. The molecule has 5 nitrogen and oxygen atoms in total. The summed E-state index contributed by atoms with van der Waals surface area (Å²) in [7, 11) is 3.62. The van der Waals surface area contributed by atoms with E-state index in [2.05, 4.69) is 38.1 Å². The van der Waals surface area contributed by atoms with Crippen LogP contribution in [0.15, 0.2) is 0 Å². The molecule has 0 aliphatic rings. The Morgan fingerprint density at radius 2 is 1.94 bits per heavy atom. The first-order valence-electron chi connectivity index (χ1n) is 6.46. The minimum absolute atomic E-state index is 0.229. The lowest BCUT2D eigenvalue weighted by Gasteiger charge is -2.23. The zero-order chi connectivity index (χ0) is 13.9. The maximum atomic E-state index is 6.16. The van der Waals surface area contributed by atoms with Gasteiger partial charge in [0.15, 0.2) is 0 Å². The Labute approximate surface area is 110 Å². The number of nitrogens with one attached hydrogen (secondary N) is 1. The highest BCUT2D eigenvalue weighted by molar-refractivity contribution is 5.66. The van der Waals surface area contributed by atoms with Crippen LogP contribution in [0.25, 0.3) is 0 Å². The lowest BCUT2D eigenvalue weighted by molar-refractivity contribution is 0.171. The number of nitrogens with zero attached hydrogens (tertiary/aromatic N) is 2. The van der Waals surface area contributed by atoms with Gasteiger partial charge in [0.25, 0.3) is 0 Å². The van der Waals surface area contributed by atoms with Crippen molar-refractivity contribution in [2.24, 2.45) is 13.0 Å². The number of nitrogen functional groups attached to an aromatic ring is 1. The summed E-state index contributed by atoms with van der Waals surface area (Å²) in [5, 5.41) is 7.91. The van der Waals surface area contributed by atoms with E-state index in [1.807, 2.05) is 11.7 Å². The molecule has 0 saturated heterocycles. The second kappa shape index (κ2) is 6.09. The quantitative estimate of drug-likeness (QED) is 0.817. The standard InChI is InChI=1S/C13H26N4O/c1-8(2)10(7-18-6)15-13-11(14)12(9(3)4)16-17(13)5/h8-10,15H,7,14H2,1-6H3. The van der Waals surface area contributed by atoms with E-state index in [9.17, 15) is 0 Å². The van der Waals surface area contributed by atoms with Crippen LogP contribution in [0.2, 0.25) is 0 Å². The van der Waals surface area contributed by atoms with Gasteiger partial charge in [-0.3, -0.25) is 4.68 Å². The molecule has 5 heteroatoms. The number of nitrogens with two attached hydrogens (primary N) is 1. The Morgan fingerprint density at radius 1 is 1.33 bits per heavy atom. The fraction of sp³-hybridized carbons (Fsp3) is 0.769. The fourth-order valence-electron chi connectivity index (χ4n) is 1.91. The van der Waals surface area contributed by atoms with Gasteiger partial charge in [-0.25, -0.2) is 0 Å². The van der Waals surface area contributed by atoms with Crippen LogP contribution in [0.4, 0.5) is 11.5 Å². The van der Waals surface area contributed by atoms with Crippen LogP contribution >= 0.6 is 0 Å². The van der Waals surface area contributed by atoms with Crippen LogP contribution in [0.5, 0.6) is 0 Å². The monoisotopic (exact) mass is 254 g/mol. The molecule has 0 spiro atoms. The van der Waals surface area contributed by atoms with Gasteiger partial charge in [-0.15, -0.1) is 0 Å². The Bertz CT molecular complexity index is 385. The van der Waals surface area contributed by atoms with E-state index in [0.29, 0.717) is 18.4 Å². The molecule has 0 amide bonds. The summed E-state index contributed by atoms with van der Waals surface area (Å²) in [6, 6.07) is 0.229. The molecular formula is C13H26N4O. The van der Waals surface area contributed by atoms with Crippen molar-refractivity contribution in [3.63, 3.8) is 0 Å². The minimum atomic E-state index is 0.229. The largest absolute Gasteiger partial charge is 0.394 e. The molecule has 1 heterocycles. The molecule has 1 aromatic rings. The lowest BCUT2D eigenvalue weighted by atomic mass is 10.1. The maximum Gasteiger partial charge on any atom is 0.148 e. The van der Waals surface area contributed by atoms with Crippen molar-refractivity contribution in [1.82, 2.24) is 9.78 Å². The van der Waals surface area contributed by atoms with E-state index in [4.69, 9.17) is 10.5 Å². The highest BCUT2D eigenvalue weighted by atomic mass is 16.5. The van der Waals surface area contributed by atoms with Gasteiger partial charge in [-0.1, -0.05) is 27.7 Å². The average molecular weight is 254 g/mol. The smallest absolute Gasteiger partial charge is 0.148 e. The first-order valence-corrected chi connectivity index (χ1v) is 6.46. The molecule has 1 atom stereocenters. The third-order valence-corrected chi connectivity index (χ3v) is 3.13. The zero-order valence-electron chi connectivity index (χ0n) is 12.3. The summed E-state index contributed by atoms with van der Waals surface area (Å²) in [6.07, 6.45) is 0. The van der Waals surface area contributed by atoms with Crippen molar-refractivity contribution in [3.8, 4) is 0 Å². The third kappa shape index (κ3) is 3.16. The molecule has 18 heavy (non-hydrogen) atoms. The van der Waals surface area contributed by atoms with E-state index in [-0.39, 0.29) is 6.04 Å². The van der Waals surface area contributed by atoms with E-state index < -0.39 is 0 Å². The zero-order valence-corrected chi connectivity index (χ0v) is 12.3. The predicted octanol–water partition coefficient (Wildman–Crippen LogP) is 2.21. The molecule has 1 aromatic heterocycles. The Hall–Kier alpha value is -1.23. The van der Waals surface area contributed by atoms with Crippen LogP contribution in [0.1, 0.15) is 39.3 Å². The van der Waals surface area contributed by atoms with Crippen LogP contribution in [0, 0.1) is 5.92 Å². The first-order chi connectivity index (χ1) is 8.38. The maximum absolute atomic E-state index is 6.16. The number of methoxy groups -OCH3 is 1. The minimum Gasteiger partial charge on any atom is -0.394 e. The van der Waals surface area contributed by atoms with Crippen molar-refractivity contribution < 1.29 is 4.74 Å². The van der Waals surface area contributed by atoms with E-state index in [1.54, 1.807) is 7.11 Å². The molecule has 1 rings (SSSR count). The second-order valence-corrected chi connectivity index (χ2v) is 5.38. The molecule has 3 N–H and O–H groups in total. The molecule has 104 valence electrons. The molecular weight excluding hydrogens is 228 g/mol. The van der Waals surface area contributed by atoms with E-state index in [0.717, 1.165) is 17.2 Å². The third-order valence-electron chi connectivity index (χ3n) is 3.13. The number of hydrogen-bond donors (Lipinski definition) is 2. The number of aromatic nitrogens is 2. The van der Waals surface area contributed by atoms with Crippen molar-refractivity contribution in [3.05, 3.63) is 5.69 Å². The first kappa shape index (κ1) is 14.8. The number of ether oxygens (including phenoxy) is 1. The Kier molecular flexibility index (Phi) is 5.02. The summed E-state index contributed by atoms with van der Waals surface area (Å²) in [6.45, 7) is 9.16. The van der Waals surface area contributed by atoms with Crippen LogP contribution in [-0.2, 0) is 11.8 Å². The van der Waals surface area contributed by atoms with Gasteiger partial charge >= 0.3 is 0 Å². The molecule has 0 saturated carbocycles. The molecule has 0 aromatic carbocycles. The van der Waals surface area contributed by atoms with Crippen LogP contribution in [-0.4, -0.2) is 29.5 Å². The summed E-state index contributed by atoms with van der Waals surface area (Å²) in [5.41, 5.74) is 7.85. The Morgan fingerprint density at radius 3 is 2.33 bits per heavy atom. The van der Waals surface area contributed by atoms with E-state index in [1.165, 1.54) is 0 Å². The average Bonchev–Trinajstić information content (AvgIpc) is 2.55. The van der Waals surface area contributed by atoms with Gasteiger partial charge in [0.05, 0.1) is 24.0 Å². The van der Waals surface area contributed by atoms with Gasteiger partial charge in [-0.2, -0.15) is 5.10 Å². The Balaban J connectivity index is 2.95. The summed E-state index contributed by atoms with van der Waals surface area (Å²) in [4.78, 5) is 0. The molecule has 0 bridgehead atoms. The lowest BCUT2D eigenvalue weighted by Crippen LogP contribution is -2.31.